The van der Waals surface area contributed by atoms with Gasteiger partial charge in [0.05, 0.1) is 16.4 Å². The SMILES string of the molecule is O=C1/C(=C\c2ccc([N+](=O)[O-])cc2)SC(=S)N1Cc1ccc2c(c1)OCO2. The van der Waals surface area contributed by atoms with Gasteiger partial charge >= 0.3 is 0 Å². The molecule has 1 saturated heterocycles. The number of non-ortho nitro benzene ring substituents is 1. The Morgan fingerprint density at radius 2 is 1.93 bits per heavy atom. The van der Waals surface area contributed by atoms with Gasteiger partial charge in [-0.05, 0) is 41.5 Å². The van der Waals surface area contributed by atoms with E-state index in [4.69, 9.17) is 21.7 Å². The Morgan fingerprint density at radius 3 is 2.67 bits per heavy atom. The minimum absolute atomic E-state index is 0.00232. The first-order valence-corrected chi connectivity index (χ1v) is 9.12. The molecular formula is C18H12N2O5S2. The molecule has 0 bridgehead atoms. The number of carbonyl (C=O) groups excluding carboxylic acids is 1. The number of rotatable bonds is 4. The van der Waals surface area contributed by atoms with E-state index in [9.17, 15) is 14.9 Å². The minimum Gasteiger partial charge on any atom is -0.454 e. The zero-order valence-corrected chi connectivity index (χ0v) is 15.4. The lowest BCUT2D eigenvalue weighted by molar-refractivity contribution is -0.384. The van der Waals surface area contributed by atoms with Gasteiger partial charge in [-0.2, -0.15) is 0 Å². The number of benzene rings is 2. The maximum atomic E-state index is 12.7. The van der Waals surface area contributed by atoms with Crippen molar-refractivity contribution in [2.24, 2.45) is 0 Å². The fourth-order valence-corrected chi connectivity index (χ4v) is 3.96. The molecular weight excluding hydrogens is 388 g/mol. The van der Waals surface area contributed by atoms with Gasteiger partial charge in [-0.25, -0.2) is 0 Å². The lowest BCUT2D eigenvalue weighted by Crippen LogP contribution is -2.27. The number of thiocarbonyl (C=S) groups is 1. The van der Waals surface area contributed by atoms with Crippen LogP contribution in [0.5, 0.6) is 11.5 Å². The molecule has 0 radical (unpaired) electrons. The van der Waals surface area contributed by atoms with Crippen LogP contribution in [0.25, 0.3) is 6.08 Å². The second-order valence-corrected chi connectivity index (χ2v) is 7.48. The summed E-state index contributed by atoms with van der Waals surface area (Å²) >= 11 is 6.56. The molecule has 0 aliphatic carbocycles. The van der Waals surface area contributed by atoms with Crippen molar-refractivity contribution in [3.8, 4) is 11.5 Å². The van der Waals surface area contributed by atoms with Crippen LogP contribution in [0, 0.1) is 10.1 Å². The van der Waals surface area contributed by atoms with E-state index in [2.05, 4.69) is 0 Å². The molecule has 0 unspecified atom stereocenters. The molecule has 2 heterocycles. The van der Waals surface area contributed by atoms with E-state index in [0.29, 0.717) is 32.8 Å². The van der Waals surface area contributed by atoms with Crippen LogP contribution in [0.2, 0.25) is 0 Å². The Balaban J connectivity index is 1.52. The Morgan fingerprint density at radius 1 is 1.19 bits per heavy atom. The number of fused-ring (bicyclic) bond motifs is 1. The number of nitro groups is 1. The van der Waals surface area contributed by atoms with Gasteiger partial charge in [0.2, 0.25) is 6.79 Å². The molecule has 2 aromatic rings. The molecule has 1 amide bonds. The van der Waals surface area contributed by atoms with Crippen LogP contribution >= 0.6 is 24.0 Å². The molecule has 0 aromatic heterocycles. The van der Waals surface area contributed by atoms with E-state index < -0.39 is 4.92 Å². The van der Waals surface area contributed by atoms with Crippen molar-refractivity contribution in [1.29, 1.82) is 0 Å². The Kier molecular flexibility index (Phi) is 4.54. The molecule has 2 aliphatic heterocycles. The number of amides is 1. The summed E-state index contributed by atoms with van der Waals surface area (Å²) in [6, 6.07) is 11.5. The first kappa shape index (κ1) is 17.5. The first-order chi connectivity index (χ1) is 13.0. The van der Waals surface area contributed by atoms with Crippen molar-refractivity contribution >= 4 is 46.0 Å². The first-order valence-electron chi connectivity index (χ1n) is 7.89. The number of nitro benzene ring substituents is 1. The summed E-state index contributed by atoms with van der Waals surface area (Å²) in [6.45, 7) is 0.525. The molecule has 0 atom stereocenters. The molecule has 7 nitrogen and oxygen atoms in total. The van der Waals surface area contributed by atoms with E-state index in [1.807, 2.05) is 18.2 Å². The van der Waals surface area contributed by atoms with Gasteiger partial charge in [0.25, 0.3) is 11.6 Å². The van der Waals surface area contributed by atoms with Gasteiger partial charge in [0.15, 0.2) is 11.5 Å². The van der Waals surface area contributed by atoms with E-state index in [1.54, 1.807) is 18.2 Å². The van der Waals surface area contributed by atoms with E-state index >= 15 is 0 Å². The number of hydrogen-bond acceptors (Lipinski definition) is 7. The summed E-state index contributed by atoms with van der Waals surface area (Å²) in [5.41, 5.74) is 1.58. The predicted octanol–water partition coefficient (Wildman–Crippen LogP) is 3.72. The lowest BCUT2D eigenvalue weighted by Gasteiger charge is -2.14. The fraction of sp³-hybridized carbons (Fsp3) is 0.111. The van der Waals surface area contributed by atoms with Crippen molar-refractivity contribution < 1.29 is 19.2 Å². The molecule has 2 aliphatic rings. The average molecular weight is 400 g/mol. The highest BCUT2D eigenvalue weighted by molar-refractivity contribution is 8.26. The number of carbonyl (C=O) groups is 1. The van der Waals surface area contributed by atoms with E-state index in [1.165, 1.54) is 28.8 Å². The Bertz CT molecular complexity index is 988. The molecule has 136 valence electrons. The van der Waals surface area contributed by atoms with Crippen LogP contribution in [-0.4, -0.2) is 26.8 Å². The summed E-state index contributed by atoms with van der Waals surface area (Å²) in [5, 5.41) is 10.7. The summed E-state index contributed by atoms with van der Waals surface area (Å²) < 4.78 is 11.1. The fourth-order valence-electron chi connectivity index (χ4n) is 2.70. The van der Waals surface area contributed by atoms with Crippen LogP contribution in [0.15, 0.2) is 47.4 Å². The normalized spacial score (nSPS) is 17.0. The summed E-state index contributed by atoms with van der Waals surface area (Å²) in [5.74, 6) is 1.14. The van der Waals surface area contributed by atoms with Crippen LogP contribution in [0.1, 0.15) is 11.1 Å². The Hall–Kier alpha value is -2.91. The Labute approximate surface area is 163 Å². The lowest BCUT2D eigenvalue weighted by atomic mass is 10.1. The monoisotopic (exact) mass is 400 g/mol. The highest BCUT2D eigenvalue weighted by Gasteiger charge is 2.32. The molecule has 9 heteroatoms. The van der Waals surface area contributed by atoms with Gasteiger partial charge in [-0.3, -0.25) is 19.8 Å². The molecule has 4 rings (SSSR count). The van der Waals surface area contributed by atoms with Gasteiger partial charge < -0.3 is 9.47 Å². The smallest absolute Gasteiger partial charge is 0.269 e. The number of ether oxygens (including phenoxy) is 2. The molecule has 2 aromatic carbocycles. The maximum Gasteiger partial charge on any atom is 0.269 e. The number of thioether (sulfide) groups is 1. The summed E-state index contributed by atoms with van der Waals surface area (Å²) in [7, 11) is 0. The maximum absolute atomic E-state index is 12.7. The molecule has 1 fully saturated rings. The highest BCUT2D eigenvalue weighted by atomic mass is 32.2. The van der Waals surface area contributed by atoms with Crippen molar-refractivity contribution in [2.45, 2.75) is 6.54 Å². The standard InChI is InChI=1S/C18H12N2O5S2/c21-17-16(8-11-1-4-13(5-2-11)20(22)23)27-18(26)19(17)9-12-3-6-14-15(7-12)25-10-24-14/h1-8H,9-10H2/b16-8+. The van der Waals surface area contributed by atoms with Crippen molar-refractivity contribution in [2.75, 3.05) is 6.79 Å². The van der Waals surface area contributed by atoms with Crippen LogP contribution in [-0.2, 0) is 11.3 Å². The van der Waals surface area contributed by atoms with E-state index in [0.717, 1.165) is 5.56 Å². The van der Waals surface area contributed by atoms with Crippen molar-refractivity contribution in [3.05, 3.63) is 68.6 Å². The van der Waals surface area contributed by atoms with Crippen molar-refractivity contribution in [1.82, 2.24) is 4.90 Å². The number of hydrogen-bond donors (Lipinski definition) is 0. The zero-order chi connectivity index (χ0) is 19.0. The van der Waals surface area contributed by atoms with Crippen LogP contribution in [0.3, 0.4) is 0 Å². The molecule has 27 heavy (non-hydrogen) atoms. The third kappa shape index (κ3) is 3.51. The van der Waals surface area contributed by atoms with Gasteiger partial charge in [-0.15, -0.1) is 0 Å². The van der Waals surface area contributed by atoms with Gasteiger partial charge in [0, 0.05) is 12.1 Å². The quantitative estimate of drug-likeness (QED) is 0.335. The van der Waals surface area contributed by atoms with Gasteiger partial charge in [-0.1, -0.05) is 30.0 Å². The predicted molar refractivity (Wildman–Crippen MR) is 104 cm³/mol. The third-order valence-electron chi connectivity index (χ3n) is 4.05. The summed E-state index contributed by atoms with van der Waals surface area (Å²) in [6.07, 6.45) is 1.68. The second-order valence-electron chi connectivity index (χ2n) is 5.80. The average Bonchev–Trinajstić information content (AvgIpc) is 3.22. The summed E-state index contributed by atoms with van der Waals surface area (Å²) in [4.78, 5) is 25.0. The van der Waals surface area contributed by atoms with Crippen molar-refractivity contribution in [3.63, 3.8) is 0 Å². The highest BCUT2D eigenvalue weighted by Crippen LogP contribution is 2.36. The molecule has 0 spiro atoms. The third-order valence-corrected chi connectivity index (χ3v) is 5.43. The molecule has 0 saturated carbocycles. The topological polar surface area (TPSA) is 81.9 Å². The van der Waals surface area contributed by atoms with Crippen LogP contribution in [0.4, 0.5) is 5.69 Å². The minimum atomic E-state index is -0.464. The van der Waals surface area contributed by atoms with E-state index in [-0.39, 0.29) is 18.4 Å². The zero-order valence-electron chi connectivity index (χ0n) is 13.8. The van der Waals surface area contributed by atoms with Crippen LogP contribution < -0.4 is 9.47 Å². The largest absolute Gasteiger partial charge is 0.454 e. The number of nitrogens with zero attached hydrogens (tertiary/aromatic N) is 2. The van der Waals surface area contributed by atoms with Gasteiger partial charge in [0.1, 0.15) is 4.32 Å². The second kappa shape index (κ2) is 7.01. The molecule has 0 N–H and O–H groups in total.